The lowest BCUT2D eigenvalue weighted by atomic mass is 9.97. The van der Waals surface area contributed by atoms with Crippen molar-refractivity contribution in [3.05, 3.63) is 53.7 Å². The molecule has 1 aromatic heterocycles. The Kier molecular flexibility index (Phi) is 8.20. The number of benzene rings is 1. The molecular weight excluding hydrogens is 428 g/mol. The Morgan fingerprint density at radius 1 is 1.25 bits per heavy atom. The Balaban J connectivity index is 1.56. The second kappa shape index (κ2) is 11.1. The molecule has 0 unspecified atom stereocenters. The molecule has 0 radical (unpaired) electrons. The van der Waals surface area contributed by atoms with Gasteiger partial charge in [-0.2, -0.15) is 9.57 Å². The molecule has 2 heterocycles. The van der Waals surface area contributed by atoms with E-state index in [0.717, 1.165) is 18.4 Å². The maximum atomic E-state index is 13.0. The van der Waals surface area contributed by atoms with E-state index < -0.39 is 10.0 Å². The maximum Gasteiger partial charge on any atom is 0.244 e. The van der Waals surface area contributed by atoms with Gasteiger partial charge in [0.05, 0.1) is 17.1 Å². The highest BCUT2D eigenvalue weighted by Crippen LogP contribution is 2.26. The SMILES string of the molecule is CCCCOc1ncccc1CNC(=O)C1CCN(S(=O)(=O)c2ccccc2C#N)CC1. The molecule has 8 nitrogen and oxygen atoms in total. The number of rotatable bonds is 9. The van der Waals surface area contributed by atoms with Crippen LogP contribution in [0.2, 0.25) is 0 Å². The van der Waals surface area contributed by atoms with Crippen molar-refractivity contribution >= 4 is 15.9 Å². The summed E-state index contributed by atoms with van der Waals surface area (Å²) < 4.78 is 33.0. The number of aromatic nitrogens is 1. The average Bonchev–Trinajstić information content (AvgIpc) is 2.83. The zero-order valence-electron chi connectivity index (χ0n) is 18.2. The number of hydrogen-bond acceptors (Lipinski definition) is 6. The molecule has 0 atom stereocenters. The second-order valence-corrected chi connectivity index (χ2v) is 9.58. The summed E-state index contributed by atoms with van der Waals surface area (Å²) in [6.07, 6.45) is 4.46. The number of ether oxygens (including phenoxy) is 1. The van der Waals surface area contributed by atoms with Gasteiger partial charge in [0.15, 0.2) is 0 Å². The largest absolute Gasteiger partial charge is 0.477 e. The minimum atomic E-state index is -3.77. The number of hydrogen-bond donors (Lipinski definition) is 1. The van der Waals surface area contributed by atoms with E-state index >= 15 is 0 Å². The Hall–Kier alpha value is -2.96. The number of piperidine rings is 1. The van der Waals surface area contributed by atoms with Crippen molar-refractivity contribution < 1.29 is 17.9 Å². The third-order valence-electron chi connectivity index (χ3n) is 5.49. The zero-order valence-corrected chi connectivity index (χ0v) is 19.0. The lowest BCUT2D eigenvalue weighted by Gasteiger charge is -2.30. The molecule has 1 aliphatic heterocycles. The number of amides is 1. The van der Waals surface area contributed by atoms with Gasteiger partial charge >= 0.3 is 0 Å². The van der Waals surface area contributed by atoms with Crippen LogP contribution in [0.3, 0.4) is 0 Å². The van der Waals surface area contributed by atoms with Gasteiger partial charge in [0, 0.05) is 37.3 Å². The van der Waals surface area contributed by atoms with Gasteiger partial charge in [-0.15, -0.1) is 0 Å². The van der Waals surface area contributed by atoms with E-state index in [1.54, 1.807) is 24.4 Å². The van der Waals surface area contributed by atoms with Crippen LogP contribution in [0.15, 0.2) is 47.5 Å². The van der Waals surface area contributed by atoms with E-state index in [2.05, 4.69) is 17.2 Å². The predicted molar refractivity (Wildman–Crippen MR) is 119 cm³/mol. The lowest BCUT2D eigenvalue weighted by Crippen LogP contribution is -2.43. The van der Waals surface area contributed by atoms with Crippen LogP contribution >= 0.6 is 0 Å². The topological polar surface area (TPSA) is 112 Å². The normalized spacial score (nSPS) is 15.1. The van der Waals surface area contributed by atoms with E-state index in [9.17, 15) is 18.5 Å². The van der Waals surface area contributed by atoms with Crippen molar-refractivity contribution in [1.29, 1.82) is 5.26 Å². The molecule has 0 spiro atoms. The molecule has 1 saturated heterocycles. The number of pyridine rings is 1. The van der Waals surface area contributed by atoms with E-state index in [-0.39, 0.29) is 35.4 Å². The summed E-state index contributed by atoms with van der Waals surface area (Å²) in [7, 11) is -3.77. The molecule has 1 aliphatic rings. The van der Waals surface area contributed by atoms with Gasteiger partial charge in [-0.1, -0.05) is 31.5 Å². The van der Waals surface area contributed by atoms with E-state index in [1.807, 2.05) is 12.1 Å². The fourth-order valence-corrected chi connectivity index (χ4v) is 5.22. The summed E-state index contributed by atoms with van der Waals surface area (Å²) >= 11 is 0. The van der Waals surface area contributed by atoms with Gasteiger partial charge in [0.1, 0.15) is 6.07 Å². The Morgan fingerprint density at radius 2 is 2.00 bits per heavy atom. The fraction of sp³-hybridized carbons (Fsp3) is 0.435. The van der Waals surface area contributed by atoms with E-state index in [4.69, 9.17) is 4.74 Å². The predicted octanol–water partition coefficient (Wildman–Crippen LogP) is 2.85. The fourth-order valence-electron chi connectivity index (χ4n) is 3.61. The van der Waals surface area contributed by atoms with Crippen LogP contribution in [0.1, 0.15) is 43.7 Å². The molecule has 170 valence electrons. The molecule has 1 fully saturated rings. The number of nitriles is 1. The maximum absolute atomic E-state index is 13.0. The molecule has 2 aromatic rings. The third-order valence-corrected chi connectivity index (χ3v) is 7.45. The standard InChI is InChI=1S/C23H28N4O4S/c1-2-3-15-31-23-20(8-6-12-25-23)17-26-22(28)18-10-13-27(14-11-18)32(29,30)21-9-5-4-7-19(21)16-24/h4-9,12,18H,2-3,10-11,13-15,17H2,1H3,(H,26,28). The summed E-state index contributed by atoms with van der Waals surface area (Å²) in [5.41, 5.74) is 0.936. The van der Waals surface area contributed by atoms with Gasteiger partial charge in [-0.25, -0.2) is 13.4 Å². The second-order valence-electron chi connectivity index (χ2n) is 7.67. The van der Waals surface area contributed by atoms with Gasteiger partial charge in [0.2, 0.25) is 21.8 Å². The van der Waals surface area contributed by atoms with Crippen LogP contribution in [0.25, 0.3) is 0 Å². The number of nitrogens with zero attached hydrogens (tertiary/aromatic N) is 3. The van der Waals surface area contributed by atoms with Gasteiger partial charge in [-0.05, 0) is 37.5 Å². The van der Waals surface area contributed by atoms with Crippen molar-refractivity contribution in [3.8, 4) is 11.9 Å². The minimum absolute atomic E-state index is 0.0116. The highest BCUT2D eigenvalue weighted by molar-refractivity contribution is 7.89. The molecule has 1 aromatic carbocycles. The molecular formula is C23H28N4O4S. The van der Waals surface area contributed by atoms with Crippen LogP contribution < -0.4 is 10.1 Å². The lowest BCUT2D eigenvalue weighted by molar-refractivity contribution is -0.126. The van der Waals surface area contributed by atoms with Crippen molar-refractivity contribution in [3.63, 3.8) is 0 Å². The van der Waals surface area contributed by atoms with Gasteiger partial charge in [-0.3, -0.25) is 4.79 Å². The summed E-state index contributed by atoms with van der Waals surface area (Å²) in [6.45, 7) is 3.44. The molecule has 32 heavy (non-hydrogen) atoms. The Labute approximate surface area is 189 Å². The van der Waals surface area contributed by atoms with Crippen molar-refractivity contribution in [2.24, 2.45) is 5.92 Å². The van der Waals surface area contributed by atoms with Crippen LogP contribution in [-0.4, -0.2) is 43.3 Å². The number of carbonyl (C=O) groups is 1. The molecule has 0 bridgehead atoms. The first-order valence-corrected chi connectivity index (χ1v) is 12.2. The first kappa shape index (κ1) is 23.7. The zero-order chi connectivity index (χ0) is 23.0. The smallest absolute Gasteiger partial charge is 0.244 e. The third kappa shape index (κ3) is 5.64. The monoisotopic (exact) mass is 456 g/mol. The number of nitrogens with one attached hydrogen (secondary N) is 1. The summed E-state index contributed by atoms with van der Waals surface area (Å²) in [6, 6.07) is 11.8. The Bertz CT molecular complexity index is 1070. The van der Waals surface area contributed by atoms with Crippen LogP contribution in [-0.2, 0) is 21.4 Å². The van der Waals surface area contributed by atoms with Crippen LogP contribution in [0.4, 0.5) is 0 Å². The molecule has 9 heteroatoms. The van der Waals surface area contributed by atoms with E-state index in [0.29, 0.717) is 31.9 Å². The first-order valence-electron chi connectivity index (χ1n) is 10.8. The molecule has 0 aliphatic carbocycles. The highest BCUT2D eigenvalue weighted by Gasteiger charge is 2.33. The molecule has 3 rings (SSSR count). The Morgan fingerprint density at radius 3 is 2.72 bits per heavy atom. The van der Waals surface area contributed by atoms with Gasteiger partial charge < -0.3 is 10.1 Å². The van der Waals surface area contributed by atoms with Crippen molar-refractivity contribution in [2.45, 2.75) is 44.0 Å². The minimum Gasteiger partial charge on any atom is -0.477 e. The molecule has 1 amide bonds. The molecule has 1 N–H and O–H groups in total. The summed E-state index contributed by atoms with van der Waals surface area (Å²) in [5.74, 6) is 0.148. The number of carbonyl (C=O) groups excluding carboxylic acids is 1. The first-order chi connectivity index (χ1) is 15.5. The van der Waals surface area contributed by atoms with Crippen LogP contribution in [0, 0.1) is 17.2 Å². The highest BCUT2D eigenvalue weighted by atomic mass is 32.2. The molecule has 0 saturated carbocycles. The summed E-state index contributed by atoms with van der Waals surface area (Å²) in [5, 5.41) is 12.2. The van der Waals surface area contributed by atoms with Crippen LogP contribution in [0.5, 0.6) is 5.88 Å². The van der Waals surface area contributed by atoms with Crippen molar-refractivity contribution in [2.75, 3.05) is 19.7 Å². The quantitative estimate of drug-likeness (QED) is 0.581. The van der Waals surface area contributed by atoms with E-state index in [1.165, 1.54) is 16.4 Å². The number of unbranched alkanes of at least 4 members (excludes halogenated alkanes) is 1. The van der Waals surface area contributed by atoms with Gasteiger partial charge in [0.25, 0.3) is 0 Å². The number of sulfonamides is 1. The average molecular weight is 457 g/mol. The van der Waals surface area contributed by atoms with Crippen molar-refractivity contribution in [1.82, 2.24) is 14.6 Å². The summed E-state index contributed by atoms with van der Waals surface area (Å²) in [4.78, 5) is 16.9.